The number of carbonyl (C=O) groups excluding carboxylic acids is 1. The van der Waals surface area contributed by atoms with Crippen molar-refractivity contribution in [2.75, 3.05) is 20.2 Å². The summed E-state index contributed by atoms with van der Waals surface area (Å²) in [6, 6.07) is 14.9. The van der Waals surface area contributed by atoms with Crippen LogP contribution in [-0.4, -0.2) is 36.1 Å². The van der Waals surface area contributed by atoms with Crippen LogP contribution in [0.3, 0.4) is 0 Å². The number of likely N-dealkylation sites (N-methyl/N-ethyl adjacent to an activating group) is 1. The second-order valence-corrected chi connectivity index (χ2v) is 5.81. The van der Waals surface area contributed by atoms with Crippen LogP contribution in [0.15, 0.2) is 53.0 Å². The summed E-state index contributed by atoms with van der Waals surface area (Å²) in [5.41, 5.74) is 1.64. The lowest BCUT2D eigenvalue weighted by Gasteiger charge is -2.15. The molecular formula is C17H18BrNO3. The predicted octanol–water partition coefficient (Wildman–Crippen LogP) is 3.09. The van der Waals surface area contributed by atoms with E-state index >= 15 is 0 Å². The summed E-state index contributed by atoms with van der Waals surface area (Å²) in [7, 11) is 1.66. The molecule has 0 saturated heterocycles. The molecule has 0 heterocycles. The molecule has 0 aromatic heterocycles. The monoisotopic (exact) mass is 363 g/mol. The number of hydrogen-bond donors (Lipinski definition) is 1. The second-order valence-electron chi connectivity index (χ2n) is 4.89. The van der Waals surface area contributed by atoms with E-state index in [1.807, 2.05) is 24.3 Å². The maximum atomic E-state index is 12.0. The highest BCUT2D eigenvalue weighted by atomic mass is 79.9. The zero-order valence-electron chi connectivity index (χ0n) is 12.3. The molecule has 0 fully saturated rings. The molecule has 0 atom stereocenters. The van der Waals surface area contributed by atoms with Crippen LogP contribution in [0.5, 0.6) is 5.75 Å². The van der Waals surface area contributed by atoms with Crippen molar-refractivity contribution >= 4 is 21.8 Å². The number of carbonyl (C=O) groups is 1. The van der Waals surface area contributed by atoms with Crippen molar-refractivity contribution in [2.45, 2.75) is 6.61 Å². The minimum Gasteiger partial charge on any atom is -0.489 e. The highest BCUT2D eigenvalue weighted by molar-refractivity contribution is 9.10. The lowest BCUT2D eigenvalue weighted by molar-refractivity contribution is 0.0767. The Morgan fingerprint density at radius 2 is 1.95 bits per heavy atom. The van der Waals surface area contributed by atoms with Gasteiger partial charge in [-0.25, -0.2) is 0 Å². The molecule has 2 aromatic carbocycles. The Labute approximate surface area is 138 Å². The van der Waals surface area contributed by atoms with Gasteiger partial charge in [0.25, 0.3) is 5.91 Å². The van der Waals surface area contributed by atoms with Gasteiger partial charge in [-0.2, -0.15) is 0 Å². The van der Waals surface area contributed by atoms with Crippen LogP contribution in [0.1, 0.15) is 15.9 Å². The third kappa shape index (κ3) is 4.58. The lowest BCUT2D eigenvalue weighted by atomic mass is 10.2. The van der Waals surface area contributed by atoms with E-state index < -0.39 is 0 Å². The number of benzene rings is 2. The highest BCUT2D eigenvalue weighted by Crippen LogP contribution is 2.17. The maximum Gasteiger partial charge on any atom is 0.253 e. The van der Waals surface area contributed by atoms with Crippen LogP contribution in [-0.2, 0) is 6.61 Å². The standard InChI is InChI=1S/C17H18BrNO3/c1-19(9-10-20)17(21)14-5-7-16(8-6-14)22-12-13-3-2-4-15(18)11-13/h2-8,11,20H,9-10,12H2,1H3. The molecule has 4 nitrogen and oxygen atoms in total. The minimum absolute atomic E-state index is 0.0456. The summed E-state index contributed by atoms with van der Waals surface area (Å²) in [6.07, 6.45) is 0. The number of ether oxygens (including phenoxy) is 1. The van der Waals surface area contributed by atoms with Gasteiger partial charge in [-0.15, -0.1) is 0 Å². The fourth-order valence-electron chi connectivity index (χ4n) is 1.96. The van der Waals surface area contributed by atoms with E-state index in [0.29, 0.717) is 24.5 Å². The van der Waals surface area contributed by atoms with Crippen LogP contribution in [0.4, 0.5) is 0 Å². The van der Waals surface area contributed by atoms with Crippen LogP contribution in [0, 0.1) is 0 Å². The molecule has 0 aliphatic carbocycles. The Kier molecular flexibility index (Phi) is 5.98. The third-order valence-corrected chi connectivity index (χ3v) is 3.67. The molecule has 2 aromatic rings. The first-order chi connectivity index (χ1) is 10.6. The van der Waals surface area contributed by atoms with Gasteiger partial charge < -0.3 is 14.7 Å². The average molecular weight is 364 g/mol. The average Bonchev–Trinajstić information content (AvgIpc) is 2.53. The van der Waals surface area contributed by atoms with Crippen LogP contribution in [0.25, 0.3) is 0 Å². The number of amides is 1. The normalized spacial score (nSPS) is 10.3. The number of aliphatic hydroxyl groups excluding tert-OH is 1. The third-order valence-electron chi connectivity index (χ3n) is 3.18. The van der Waals surface area contributed by atoms with Gasteiger partial charge in [0.1, 0.15) is 12.4 Å². The summed E-state index contributed by atoms with van der Waals surface area (Å²) in [4.78, 5) is 13.5. The van der Waals surface area contributed by atoms with Crippen molar-refractivity contribution in [1.29, 1.82) is 0 Å². The van der Waals surface area contributed by atoms with Gasteiger partial charge >= 0.3 is 0 Å². The first-order valence-electron chi connectivity index (χ1n) is 6.94. The van der Waals surface area contributed by atoms with E-state index in [9.17, 15) is 4.79 Å². The first kappa shape index (κ1) is 16.5. The summed E-state index contributed by atoms with van der Waals surface area (Å²) < 4.78 is 6.72. The number of halogens is 1. The van der Waals surface area contributed by atoms with Crippen molar-refractivity contribution in [3.05, 3.63) is 64.1 Å². The molecule has 0 aliphatic heterocycles. The van der Waals surface area contributed by atoms with Crippen molar-refractivity contribution in [2.24, 2.45) is 0 Å². The van der Waals surface area contributed by atoms with E-state index in [4.69, 9.17) is 9.84 Å². The molecule has 2 rings (SSSR count). The first-order valence-corrected chi connectivity index (χ1v) is 7.73. The molecule has 0 bridgehead atoms. The van der Waals surface area contributed by atoms with Gasteiger partial charge in [-0.1, -0.05) is 28.1 Å². The molecule has 22 heavy (non-hydrogen) atoms. The fourth-order valence-corrected chi connectivity index (χ4v) is 2.41. The largest absolute Gasteiger partial charge is 0.489 e. The number of rotatable bonds is 6. The summed E-state index contributed by atoms with van der Waals surface area (Å²) >= 11 is 3.42. The lowest BCUT2D eigenvalue weighted by Crippen LogP contribution is -2.29. The SMILES string of the molecule is CN(CCO)C(=O)c1ccc(OCc2cccc(Br)c2)cc1. The molecule has 116 valence electrons. The topological polar surface area (TPSA) is 49.8 Å². The predicted molar refractivity (Wildman–Crippen MR) is 89.0 cm³/mol. The molecule has 0 aliphatic rings. The smallest absolute Gasteiger partial charge is 0.253 e. The van der Waals surface area contributed by atoms with Gasteiger partial charge in [0, 0.05) is 23.6 Å². The molecule has 1 amide bonds. The van der Waals surface area contributed by atoms with E-state index in [0.717, 1.165) is 10.0 Å². The minimum atomic E-state index is -0.118. The van der Waals surface area contributed by atoms with E-state index in [2.05, 4.69) is 15.9 Å². The zero-order chi connectivity index (χ0) is 15.9. The van der Waals surface area contributed by atoms with Crippen LogP contribution in [0.2, 0.25) is 0 Å². The zero-order valence-corrected chi connectivity index (χ0v) is 13.9. The van der Waals surface area contributed by atoms with Gasteiger partial charge in [-0.05, 0) is 42.0 Å². The maximum absolute atomic E-state index is 12.0. The molecule has 1 N–H and O–H groups in total. The van der Waals surface area contributed by atoms with Crippen molar-refractivity contribution in [1.82, 2.24) is 4.90 Å². The number of nitrogens with zero attached hydrogens (tertiary/aromatic N) is 1. The highest BCUT2D eigenvalue weighted by Gasteiger charge is 2.10. The van der Waals surface area contributed by atoms with Gasteiger partial charge in [0.05, 0.1) is 6.61 Å². The summed E-state index contributed by atoms with van der Waals surface area (Å²) in [6.45, 7) is 0.743. The summed E-state index contributed by atoms with van der Waals surface area (Å²) in [5, 5.41) is 8.86. The molecule has 0 spiro atoms. The number of aliphatic hydroxyl groups is 1. The Hall–Kier alpha value is -1.85. The fraction of sp³-hybridized carbons (Fsp3) is 0.235. The Balaban J connectivity index is 1.96. The molecule has 0 unspecified atom stereocenters. The molecule has 0 saturated carbocycles. The summed E-state index contributed by atoms with van der Waals surface area (Å²) in [5.74, 6) is 0.592. The number of hydrogen-bond acceptors (Lipinski definition) is 3. The van der Waals surface area contributed by atoms with Crippen LogP contribution < -0.4 is 4.74 Å². The van der Waals surface area contributed by atoms with Crippen molar-refractivity contribution in [3.8, 4) is 5.75 Å². The molecular weight excluding hydrogens is 346 g/mol. The Morgan fingerprint density at radius 3 is 2.59 bits per heavy atom. The van der Waals surface area contributed by atoms with E-state index in [1.54, 1.807) is 31.3 Å². The van der Waals surface area contributed by atoms with Crippen molar-refractivity contribution < 1.29 is 14.6 Å². The molecule has 0 radical (unpaired) electrons. The molecule has 5 heteroatoms. The quantitative estimate of drug-likeness (QED) is 0.857. The van der Waals surface area contributed by atoms with Crippen LogP contribution >= 0.6 is 15.9 Å². The Bertz CT molecular complexity index is 628. The van der Waals surface area contributed by atoms with Gasteiger partial charge in [0.15, 0.2) is 0 Å². The van der Waals surface area contributed by atoms with Gasteiger partial charge in [-0.3, -0.25) is 4.79 Å². The van der Waals surface area contributed by atoms with E-state index in [-0.39, 0.29) is 12.5 Å². The van der Waals surface area contributed by atoms with Gasteiger partial charge in [0.2, 0.25) is 0 Å². The van der Waals surface area contributed by atoms with E-state index in [1.165, 1.54) is 4.90 Å². The van der Waals surface area contributed by atoms with Crippen molar-refractivity contribution in [3.63, 3.8) is 0 Å². The Morgan fingerprint density at radius 1 is 1.23 bits per heavy atom. The second kappa shape index (κ2) is 7.96.